The molecule has 26 heavy (non-hydrogen) atoms. The van der Waals surface area contributed by atoms with E-state index in [-0.39, 0.29) is 12.3 Å². The lowest BCUT2D eigenvalue weighted by atomic mass is 9.79. The number of aromatic nitrogens is 2. The first kappa shape index (κ1) is 17.5. The Hall–Kier alpha value is -1.88. The molecule has 5 heteroatoms. The molecule has 0 spiro atoms. The van der Waals surface area contributed by atoms with Crippen molar-refractivity contribution in [2.24, 2.45) is 11.8 Å². The van der Waals surface area contributed by atoms with Crippen molar-refractivity contribution >= 4 is 17.0 Å². The minimum Gasteiger partial charge on any atom is -0.481 e. The quantitative estimate of drug-likeness (QED) is 0.855. The van der Waals surface area contributed by atoms with Gasteiger partial charge in [0.2, 0.25) is 0 Å². The van der Waals surface area contributed by atoms with E-state index in [1.54, 1.807) is 0 Å². The highest BCUT2D eigenvalue weighted by Gasteiger charge is 2.34. The smallest absolute Gasteiger partial charge is 0.303 e. The van der Waals surface area contributed by atoms with E-state index in [1.807, 2.05) is 18.2 Å². The van der Waals surface area contributed by atoms with Crippen LogP contribution in [0.25, 0.3) is 11.0 Å². The SMILES string of the molecule is O=C(O)CC1CCN(C2CCCCC2)CC1Cc1nc2ccccc2[nH]1. The van der Waals surface area contributed by atoms with Crippen LogP contribution in [0.2, 0.25) is 0 Å². The zero-order chi connectivity index (χ0) is 17.9. The molecular formula is C21H29N3O2. The van der Waals surface area contributed by atoms with Gasteiger partial charge in [0.05, 0.1) is 11.0 Å². The van der Waals surface area contributed by atoms with Gasteiger partial charge in [0, 0.05) is 25.4 Å². The zero-order valence-electron chi connectivity index (χ0n) is 15.4. The van der Waals surface area contributed by atoms with Crippen LogP contribution in [0.5, 0.6) is 0 Å². The number of fused-ring (bicyclic) bond motifs is 1. The van der Waals surface area contributed by atoms with Gasteiger partial charge in [-0.05, 0) is 49.8 Å². The lowest BCUT2D eigenvalue weighted by molar-refractivity contribution is -0.139. The molecule has 2 unspecified atom stereocenters. The lowest BCUT2D eigenvalue weighted by Gasteiger charge is -2.43. The molecule has 2 fully saturated rings. The molecule has 5 nitrogen and oxygen atoms in total. The largest absolute Gasteiger partial charge is 0.481 e. The van der Waals surface area contributed by atoms with Gasteiger partial charge < -0.3 is 15.0 Å². The maximum Gasteiger partial charge on any atom is 0.303 e. The van der Waals surface area contributed by atoms with Gasteiger partial charge in [-0.15, -0.1) is 0 Å². The Morgan fingerprint density at radius 1 is 1.15 bits per heavy atom. The molecule has 1 aromatic heterocycles. The number of para-hydroxylation sites is 2. The molecule has 2 heterocycles. The number of piperidine rings is 1. The Kier molecular flexibility index (Phi) is 5.25. The number of imidazole rings is 1. The number of hydrogen-bond acceptors (Lipinski definition) is 3. The molecule has 2 aromatic rings. The van der Waals surface area contributed by atoms with E-state index in [2.05, 4.69) is 16.0 Å². The second kappa shape index (κ2) is 7.78. The molecule has 1 aromatic carbocycles. The Morgan fingerprint density at radius 3 is 2.73 bits per heavy atom. The molecule has 2 aliphatic rings. The summed E-state index contributed by atoms with van der Waals surface area (Å²) in [5.41, 5.74) is 2.06. The summed E-state index contributed by atoms with van der Waals surface area (Å²) < 4.78 is 0. The fourth-order valence-electron chi connectivity index (χ4n) is 4.96. The fourth-order valence-corrected chi connectivity index (χ4v) is 4.96. The molecule has 0 bridgehead atoms. The monoisotopic (exact) mass is 355 g/mol. The molecule has 1 saturated carbocycles. The maximum absolute atomic E-state index is 11.4. The number of nitrogens with zero attached hydrogens (tertiary/aromatic N) is 2. The van der Waals surface area contributed by atoms with Crippen LogP contribution in [-0.2, 0) is 11.2 Å². The third-order valence-corrected chi connectivity index (χ3v) is 6.34. The van der Waals surface area contributed by atoms with E-state index in [1.165, 1.54) is 32.1 Å². The van der Waals surface area contributed by atoms with E-state index in [9.17, 15) is 9.90 Å². The second-order valence-corrected chi connectivity index (χ2v) is 8.10. The summed E-state index contributed by atoms with van der Waals surface area (Å²) in [6.45, 7) is 2.07. The maximum atomic E-state index is 11.4. The van der Waals surface area contributed by atoms with Crippen molar-refractivity contribution < 1.29 is 9.90 Å². The van der Waals surface area contributed by atoms with E-state index in [0.29, 0.717) is 12.0 Å². The minimum atomic E-state index is -0.671. The van der Waals surface area contributed by atoms with Gasteiger partial charge in [-0.3, -0.25) is 4.79 Å². The van der Waals surface area contributed by atoms with Crippen LogP contribution in [0.3, 0.4) is 0 Å². The molecule has 1 aliphatic carbocycles. The van der Waals surface area contributed by atoms with Crippen LogP contribution in [0.1, 0.15) is 50.8 Å². The number of hydrogen-bond donors (Lipinski definition) is 2. The molecule has 1 aliphatic heterocycles. The third kappa shape index (κ3) is 3.93. The lowest BCUT2D eigenvalue weighted by Crippen LogP contribution is -2.47. The van der Waals surface area contributed by atoms with Crippen molar-refractivity contribution in [2.45, 2.75) is 57.4 Å². The Bertz CT molecular complexity index is 718. The molecular weight excluding hydrogens is 326 g/mol. The molecule has 0 radical (unpaired) electrons. The molecule has 1 saturated heterocycles. The van der Waals surface area contributed by atoms with Crippen molar-refractivity contribution in [1.82, 2.24) is 14.9 Å². The first-order valence-corrected chi connectivity index (χ1v) is 10.1. The van der Waals surface area contributed by atoms with Gasteiger partial charge in [0.25, 0.3) is 0 Å². The summed E-state index contributed by atoms with van der Waals surface area (Å²) in [5, 5.41) is 9.34. The molecule has 140 valence electrons. The van der Waals surface area contributed by atoms with Gasteiger partial charge in [-0.25, -0.2) is 4.98 Å². The highest BCUT2D eigenvalue weighted by molar-refractivity contribution is 5.74. The standard InChI is InChI=1S/C21H29N3O2/c25-21(26)13-15-10-11-24(17-6-2-1-3-7-17)14-16(15)12-20-22-18-8-4-5-9-19(18)23-20/h4-5,8-9,15-17H,1-3,6-7,10-14H2,(H,22,23)(H,25,26). The molecule has 0 amide bonds. The van der Waals surface area contributed by atoms with Crippen LogP contribution in [-0.4, -0.2) is 45.1 Å². The van der Waals surface area contributed by atoms with Gasteiger partial charge in [0.1, 0.15) is 5.82 Å². The van der Waals surface area contributed by atoms with Crippen molar-refractivity contribution in [2.75, 3.05) is 13.1 Å². The van der Waals surface area contributed by atoms with Crippen LogP contribution < -0.4 is 0 Å². The topological polar surface area (TPSA) is 69.2 Å². The highest BCUT2D eigenvalue weighted by atomic mass is 16.4. The van der Waals surface area contributed by atoms with Gasteiger partial charge in [-0.2, -0.15) is 0 Å². The van der Waals surface area contributed by atoms with Crippen LogP contribution in [0.4, 0.5) is 0 Å². The first-order valence-electron chi connectivity index (χ1n) is 10.1. The number of likely N-dealkylation sites (tertiary alicyclic amines) is 1. The van der Waals surface area contributed by atoms with E-state index < -0.39 is 5.97 Å². The summed E-state index contributed by atoms with van der Waals surface area (Å²) >= 11 is 0. The number of carboxylic acids is 1. The fraction of sp³-hybridized carbons (Fsp3) is 0.619. The molecule has 2 N–H and O–H groups in total. The number of aliphatic carboxylic acids is 1. The Morgan fingerprint density at radius 2 is 1.96 bits per heavy atom. The normalized spacial score (nSPS) is 25.5. The highest BCUT2D eigenvalue weighted by Crippen LogP contribution is 2.33. The number of benzene rings is 1. The average molecular weight is 355 g/mol. The number of aromatic amines is 1. The van der Waals surface area contributed by atoms with Gasteiger partial charge in [0.15, 0.2) is 0 Å². The van der Waals surface area contributed by atoms with E-state index in [0.717, 1.165) is 42.8 Å². The average Bonchev–Trinajstić information content (AvgIpc) is 3.06. The predicted octanol–water partition coefficient (Wildman–Crippen LogP) is 3.85. The summed E-state index contributed by atoms with van der Waals surface area (Å²) in [7, 11) is 0. The number of carbonyl (C=O) groups is 1. The Balaban J connectivity index is 1.50. The predicted molar refractivity (Wildman–Crippen MR) is 102 cm³/mol. The number of rotatable bonds is 5. The van der Waals surface area contributed by atoms with E-state index >= 15 is 0 Å². The van der Waals surface area contributed by atoms with Crippen molar-refractivity contribution in [1.29, 1.82) is 0 Å². The minimum absolute atomic E-state index is 0.251. The van der Waals surface area contributed by atoms with Crippen LogP contribution >= 0.6 is 0 Å². The first-order chi connectivity index (χ1) is 12.7. The van der Waals surface area contributed by atoms with Crippen LogP contribution in [0.15, 0.2) is 24.3 Å². The van der Waals surface area contributed by atoms with Crippen molar-refractivity contribution in [3.05, 3.63) is 30.1 Å². The van der Waals surface area contributed by atoms with E-state index in [4.69, 9.17) is 4.98 Å². The number of H-pyrrole nitrogens is 1. The summed E-state index contributed by atoms with van der Waals surface area (Å²) in [4.78, 5) is 22.2. The van der Waals surface area contributed by atoms with Gasteiger partial charge in [-0.1, -0.05) is 31.4 Å². The Labute approximate surface area is 154 Å². The number of nitrogens with one attached hydrogen (secondary N) is 1. The third-order valence-electron chi connectivity index (χ3n) is 6.34. The van der Waals surface area contributed by atoms with Gasteiger partial charge >= 0.3 is 5.97 Å². The summed E-state index contributed by atoms with van der Waals surface area (Å²) in [6.07, 6.45) is 8.78. The summed E-state index contributed by atoms with van der Waals surface area (Å²) in [5.74, 6) is 0.940. The summed E-state index contributed by atoms with van der Waals surface area (Å²) in [6, 6.07) is 8.80. The van der Waals surface area contributed by atoms with Crippen molar-refractivity contribution in [3.8, 4) is 0 Å². The second-order valence-electron chi connectivity index (χ2n) is 8.10. The molecule has 2 atom stereocenters. The van der Waals surface area contributed by atoms with Crippen molar-refractivity contribution in [3.63, 3.8) is 0 Å². The molecule has 4 rings (SSSR count). The zero-order valence-corrected chi connectivity index (χ0v) is 15.4. The number of carboxylic acid groups (broad SMARTS) is 1. The van der Waals surface area contributed by atoms with Crippen LogP contribution in [0, 0.1) is 11.8 Å².